The van der Waals surface area contributed by atoms with Gasteiger partial charge in [0.15, 0.2) is 0 Å². The van der Waals surface area contributed by atoms with Crippen LogP contribution in [0.3, 0.4) is 0 Å². The normalized spacial score (nSPS) is 20.7. The molecule has 1 aromatic carbocycles. The molecule has 0 saturated carbocycles. The molecule has 3 nitrogen and oxygen atoms in total. The van der Waals surface area contributed by atoms with Crippen molar-refractivity contribution in [3.05, 3.63) is 24.3 Å². The van der Waals surface area contributed by atoms with E-state index < -0.39 is 0 Å². The number of nitrogens with zero attached hydrogens (tertiary/aromatic N) is 1. The molecule has 1 aromatic rings. The van der Waals surface area contributed by atoms with Crippen molar-refractivity contribution in [1.29, 1.82) is 0 Å². The van der Waals surface area contributed by atoms with Crippen LogP contribution in [0.5, 0.6) is 5.75 Å². The van der Waals surface area contributed by atoms with Crippen LogP contribution in [0.15, 0.2) is 24.3 Å². The third kappa shape index (κ3) is 3.13. The van der Waals surface area contributed by atoms with Gasteiger partial charge in [-0.05, 0) is 38.8 Å². The van der Waals surface area contributed by atoms with E-state index in [1.165, 1.54) is 5.69 Å². The summed E-state index contributed by atoms with van der Waals surface area (Å²) in [6.45, 7) is 6.11. The second-order valence-electron chi connectivity index (χ2n) is 4.98. The number of hydrogen-bond donors (Lipinski definition) is 1. The standard InChI is InChI=1S/C14H22N2O/c1-11(2)17-14-8-4-3-7-13(14)16-9-5-6-12(15)10-16/h3-4,7-8,11-12H,5-6,9-10,15H2,1-2H3. The molecule has 94 valence electrons. The molecule has 17 heavy (non-hydrogen) atoms. The molecule has 0 spiro atoms. The fraction of sp³-hybridized carbons (Fsp3) is 0.571. The van der Waals surface area contributed by atoms with Gasteiger partial charge in [-0.25, -0.2) is 0 Å². The molecule has 0 aliphatic carbocycles. The molecule has 1 fully saturated rings. The van der Waals surface area contributed by atoms with Gasteiger partial charge in [-0.2, -0.15) is 0 Å². The lowest BCUT2D eigenvalue weighted by Crippen LogP contribution is -2.43. The first kappa shape index (κ1) is 12.2. The number of piperidine rings is 1. The highest BCUT2D eigenvalue weighted by Crippen LogP contribution is 2.30. The molecule has 0 bridgehead atoms. The summed E-state index contributed by atoms with van der Waals surface area (Å²) in [6.07, 6.45) is 2.50. The van der Waals surface area contributed by atoms with Gasteiger partial charge >= 0.3 is 0 Å². The van der Waals surface area contributed by atoms with E-state index in [2.05, 4.69) is 30.9 Å². The monoisotopic (exact) mass is 234 g/mol. The van der Waals surface area contributed by atoms with E-state index in [4.69, 9.17) is 10.5 Å². The van der Waals surface area contributed by atoms with E-state index in [-0.39, 0.29) is 12.1 Å². The molecule has 2 rings (SSSR count). The summed E-state index contributed by atoms with van der Waals surface area (Å²) in [5, 5.41) is 0. The minimum Gasteiger partial charge on any atom is -0.489 e. The molecular weight excluding hydrogens is 212 g/mol. The molecule has 0 amide bonds. The average molecular weight is 234 g/mol. The largest absolute Gasteiger partial charge is 0.489 e. The van der Waals surface area contributed by atoms with Crippen molar-refractivity contribution in [2.45, 2.75) is 38.8 Å². The van der Waals surface area contributed by atoms with Crippen LogP contribution in [0.4, 0.5) is 5.69 Å². The van der Waals surface area contributed by atoms with Gasteiger partial charge in [-0.3, -0.25) is 0 Å². The van der Waals surface area contributed by atoms with E-state index in [9.17, 15) is 0 Å². The summed E-state index contributed by atoms with van der Waals surface area (Å²) in [5.41, 5.74) is 7.21. The zero-order valence-corrected chi connectivity index (χ0v) is 10.7. The first-order chi connectivity index (χ1) is 8.16. The fourth-order valence-electron chi connectivity index (χ4n) is 2.30. The number of nitrogens with two attached hydrogens (primary N) is 1. The predicted octanol–water partition coefficient (Wildman–Crippen LogP) is 2.40. The highest BCUT2D eigenvalue weighted by molar-refractivity contribution is 5.58. The van der Waals surface area contributed by atoms with Crippen LogP contribution < -0.4 is 15.4 Å². The van der Waals surface area contributed by atoms with Gasteiger partial charge in [0.05, 0.1) is 11.8 Å². The van der Waals surface area contributed by atoms with Crippen LogP contribution in [0.2, 0.25) is 0 Å². The lowest BCUT2D eigenvalue weighted by Gasteiger charge is -2.33. The maximum Gasteiger partial charge on any atom is 0.142 e. The van der Waals surface area contributed by atoms with Crippen LogP contribution in [-0.2, 0) is 0 Å². The quantitative estimate of drug-likeness (QED) is 0.872. The van der Waals surface area contributed by atoms with Crippen LogP contribution in [0, 0.1) is 0 Å². The third-order valence-corrected chi connectivity index (χ3v) is 3.03. The third-order valence-electron chi connectivity index (χ3n) is 3.03. The average Bonchev–Trinajstić information content (AvgIpc) is 2.29. The summed E-state index contributed by atoms with van der Waals surface area (Å²) < 4.78 is 5.85. The molecule has 1 unspecified atom stereocenters. The molecule has 2 N–H and O–H groups in total. The number of para-hydroxylation sites is 2. The minimum atomic E-state index is 0.203. The Hall–Kier alpha value is -1.22. The smallest absolute Gasteiger partial charge is 0.142 e. The van der Waals surface area contributed by atoms with Crippen LogP contribution in [0.25, 0.3) is 0 Å². The van der Waals surface area contributed by atoms with Gasteiger partial charge < -0.3 is 15.4 Å². The maximum atomic E-state index is 6.03. The zero-order chi connectivity index (χ0) is 12.3. The topological polar surface area (TPSA) is 38.5 Å². The predicted molar refractivity (Wildman–Crippen MR) is 71.6 cm³/mol. The van der Waals surface area contributed by atoms with Crippen molar-refractivity contribution in [2.24, 2.45) is 5.73 Å². The highest BCUT2D eigenvalue weighted by Gasteiger charge is 2.19. The Bertz CT molecular complexity index is 365. The first-order valence-electron chi connectivity index (χ1n) is 6.43. The molecule has 1 aliphatic rings. The summed E-state index contributed by atoms with van der Waals surface area (Å²) in [5.74, 6) is 0.969. The van der Waals surface area contributed by atoms with Crippen LogP contribution >= 0.6 is 0 Å². The van der Waals surface area contributed by atoms with E-state index in [0.29, 0.717) is 0 Å². The Morgan fingerprint density at radius 1 is 1.35 bits per heavy atom. The molecule has 1 saturated heterocycles. The Kier molecular flexibility index (Phi) is 3.89. The van der Waals surface area contributed by atoms with Gasteiger partial charge in [0.2, 0.25) is 0 Å². The van der Waals surface area contributed by atoms with Gasteiger partial charge in [0.25, 0.3) is 0 Å². The van der Waals surface area contributed by atoms with Gasteiger partial charge in [0.1, 0.15) is 5.75 Å². The zero-order valence-electron chi connectivity index (χ0n) is 10.7. The van der Waals surface area contributed by atoms with E-state index in [1.807, 2.05) is 12.1 Å². The van der Waals surface area contributed by atoms with E-state index in [0.717, 1.165) is 31.7 Å². The van der Waals surface area contributed by atoms with Crippen molar-refractivity contribution in [3.8, 4) is 5.75 Å². The van der Waals surface area contributed by atoms with Crippen molar-refractivity contribution in [1.82, 2.24) is 0 Å². The Balaban J connectivity index is 2.18. The van der Waals surface area contributed by atoms with Crippen LogP contribution in [-0.4, -0.2) is 25.2 Å². The maximum absolute atomic E-state index is 6.03. The van der Waals surface area contributed by atoms with Gasteiger partial charge in [0, 0.05) is 19.1 Å². The van der Waals surface area contributed by atoms with Crippen molar-refractivity contribution < 1.29 is 4.74 Å². The van der Waals surface area contributed by atoms with E-state index >= 15 is 0 Å². The number of hydrogen-bond acceptors (Lipinski definition) is 3. The number of anilines is 1. The lowest BCUT2D eigenvalue weighted by molar-refractivity contribution is 0.242. The second-order valence-corrected chi connectivity index (χ2v) is 4.98. The molecule has 1 aliphatic heterocycles. The number of rotatable bonds is 3. The van der Waals surface area contributed by atoms with Gasteiger partial charge in [-0.15, -0.1) is 0 Å². The second kappa shape index (κ2) is 5.41. The van der Waals surface area contributed by atoms with Crippen molar-refractivity contribution >= 4 is 5.69 Å². The molecule has 3 heteroatoms. The summed E-state index contributed by atoms with van der Waals surface area (Å²) in [7, 11) is 0. The summed E-state index contributed by atoms with van der Waals surface area (Å²) >= 11 is 0. The lowest BCUT2D eigenvalue weighted by atomic mass is 10.1. The molecule has 1 atom stereocenters. The number of ether oxygens (including phenoxy) is 1. The number of benzene rings is 1. The Morgan fingerprint density at radius 2 is 2.12 bits per heavy atom. The highest BCUT2D eigenvalue weighted by atomic mass is 16.5. The summed E-state index contributed by atoms with van der Waals surface area (Å²) in [4.78, 5) is 2.34. The van der Waals surface area contributed by atoms with Crippen LogP contribution in [0.1, 0.15) is 26.7 Å². The van der Waals surface area contributed by atoms with E-state index in [1.54, 1.807) is 0 Å². The van der Waals surface area contributed by atoms with Crippen molar-refractivity contribution in [3.63, 3.8) is 0 Å². The minimum absolute atomic E-state index is 0.203. The van der Waals surface area contributed by atoms with Gasteiger partial charge in [-0.1, -0.05) is 12.1 Å². The molecular formula is C14H22N2O. The molecule has 0 aromatic heterocycles. The SMILES string of the molecule is CC(C)Oc1ccccc1N1CCCC(N)C1. The Labute approximate surface area is 104 Å². The summed E-state index contributed by atoms with van der Waals surface area (Å²) in [6, 6.07) is 8.52. The molecule has 0 radical (unpaired) electrons. The first-order valence-corrected chi connectivity index (χ1v) is 6.43. The fourth-order valence-corrected chi connectivity index (χ4v) is 2.30. The Morgan fingerprint density at radius 3 is 2.82 bits per heavy atom. The molecule has 1 heterocycles. The van der Waals surface area contributed by atoms with Crippen molar-refractivity contribution in [2.75, 3.05) is 18.0 Å².